The number of carbonyl (C=O) groups excluding carboxylic acids is 1. The molecule has 1 amide bonds. The fourth-order valence-corrected chi connectivity index (χ4v) is 1.26. The third kappa shape index (κ3) is 2.66. The highest BCUT2D eigenvalue weighted by molar-refractivity contribution is 6.22. The molecule has 0 aliphatic heterocycles. The number of furan rings is 1. The number of carbonyl (C=O) groups is 1. The monoisotopic (exact) mass is 235 g/mol. The van der Waals surface area contributed by atoms with Crippen LogP contribution in [-0.2, 0) is 0 Å². The van der Waals surface area contributed by atoms with Gasteiger partial charge < -0.3 is 9.73 Å². The Labute approximate surface area is 92.4 Å². The molecule has 3 nitrogen and oxygen atoms in total. The highest BCUT2D eigenvalue weighted by Crippen LogP contribution is 2.10. The minimum absolute atomic E-state index is 0.234. The van der Waals surface area contributed by atoms with Crippen LogP contribution in [0.15, 0.2) is 23.0 Å². The maximum absolute atomic E-state index is 11.6. The minimum atomic E-state index is -0.586. The first-order chi connectivity index (χ1) is 6.61. The summed E-state index contributed by atoms with van der Waals surface area (Å²) in [5.41, 5.74) is -0.122. The number of amides is 1. The van der Waals surface area contributed by atoms with Gasteiger partial charge in [0.15, 0.2) is 0 Å². The van der Waals surface area contributed by atoms with Gasteiger partial charge in [-0.25, -0.2) is 0 Å². The summed E-state index contributed by atoms with van der Waals surface area (Å²) >= 11 is 11.4. The fourth-order valence-electron chi connectivity index (χ4n) is 0.842. The van der Waals surface area contributed by atoms with Crippen molar-refractivity contribution in [3.63, 3.8) is 0 Å². The average molecular weight is 236 g/mol. The molecule has 14 heavy (non-hydrogen) atoms. The van der Waals surface area contributed by atoms with Crippen molar-refractivity contribution in [3.8, 4) is 0 Å². The minimum Gasteiger partial charge on any atom is -0.472 e. The van der Waals surface area contributed by atoms with E-state index in [2.05, 4.69) is 5.32 Å². The maximum atomic E-state index is 11.6. The van der Waals surface area contributed by atoms with Gasteiger partial charge in [-0.2, -0.15) is 0 Å². The summed E-state index contributed by atoms with van der Waals surface area (Å²) < 4.78 is 4.79. The van der Waals surface area contributed by atoms with E-state index in [1.165, 1.54) is 12.5 Å². The van der Waals surface area contributed by atoms with Crippen molar-refractivity contribution in [1.82, 2.24) is 5.32 Å². The fraction of sp³-hybridized carbons (Fsp3) is 0.444. The SMILES string of the molecule is CC(CCl)(CCl)NC(=O)c1ccoc1. The average Bonchev–Trinajstić information content (AvgIpc) is 2.70. The summed E-state index contributed by atoms with van der Waals surface area (Å²) in [6, 6.07) is 1.58. The van der Waals surface area contributed by atoms with Gasteiger partial charge >= 0.3 is 0 Å². The van der Waals surface area contributed by atoms with Crippen molar-refractivity contribution < 1.29 is 9.21 Å². The van der Waals surface area contributed by atoms with Gasteiger partial charge in [-0.05, 0) is 13.0 Å². The molecule has 78 valence electrons. The highest BCUT2D eigenvalue weighted by Gasteiger charge is 2.25. The first-order valence-corrected chi connectivity index (χ1v) is 5.15. The first-order valence-electron chi connectivity index (χ1n) is 4.08. The van der Waals surface area contributed by atoms with Crippen LogP contribution in [0.25, 0.3) is 0 Å². The molecule has 0 spiro atoms. The molecule has 1 aromatic heterocycles. The number of halogens is 2. The van der Waals surface area contributed by atoms with Crippen molar-refractivity contribution in [2.45, 2.75) is 12.5 Å². The van der Waals surface area contributed by atoms with Gasteiger partial charge in [0.25, 0.3) is 5.91 Å². The molecule has 0 aliphatic rings. The highest BCUT2D eigenvalue weighted by atomic mass is 35.5. The number of rotatable bonds is 4. The quantitative estimate of drug-likeness (QED) is 0.814. The molecule has 1 heterocycles. The normalized spacial score (nSPS) is 11.4. The van der Waals surface area contributed by atoms with Crippen LogP contribution in [0.2, 0.25) is 0 Å². The summed E-state index contributed by atoms with van der Waals surface area (Å²) in [6.45, 7) is 1.78. The largest absolute Gasteiger partial charge is 0.472 e. The second-order valence-corrected chi connectivity index (χ2v) is 3.83. The van der Waals surface area contributed by atoms with E-state index in [1.807, 2.05) is 0 Å². The Balaban J connectivity index is 2.65. The van der Waals surface area contributed by atoms with Gasteiger partial charge in [-0.3, -0.25) is 4.79 Å². The summed E-state index contributed by atoms with van der Waals surface area (Å²) in [6.07, 6.45) is 2.81. The molecule has 0 fully saturated rings. The number of alkyl halides is 2. The van der Waals surface area contributed by atoms with Crippen LogP contribution >= 0.6 is 23.2 Å². The Morgan fingerprint density at radius 1 is 1.57 bits per heavy atom. The number of hydrogen-bond acceptors (Lipinski definition) is 2. The molecule has 1 aromatic rings. The zero-order chi connectivity index (χ0) is 10.6. The van der Waals surface area contributed by atoms with Crippen molar-refractivity contribution in [2.24, 2.45) is 0 Å². The lowest BCUT2D eigenvalue weighted by atomic mass is 10.1. The van der Waals surface area contributed by atoms with Crippen LogP contribution in [-0.4, -0.2) is 23.2 Å². The van der Waals surface area contributed by atoms with Crippen molar-refractivity contribution in [3.05, 3.63) is 24.2 Å². The van der Waals surface area contributed by atoms with Crippen molar-refractivity contribution in [1.29, 1.82) is 0 Å². The Morgan fingerprint density at radius 2 is 2.21 bits per heavy atom. The molecular weight excluding hydrogens is 225 g/mol. The van der Waals surface area contributed by atoms with Crippen LogP contribution in [0.3, 0.4) is 0 Å². The lowest BCUT2D eigenvalue weighted by Gasteiger charge is -2.25. The molecule has 0 saturated carbocycles. The molecule has 5 heteroatoms. The molecule has 1 rings (SSSR count). The van der Waals surface area contributed by atoms with Gasteiger partial charge in [0.1, 0.15) is 6.26 Å². The summed E-state index contributed by atoms with van der Waals surface area (Å²) in [7, 11) is 0. The summed E-state index contributed by atoms with van der Waals surface area (Å²) in [5.74, 6) is 0.294. The van der Waals surface area contributed by atoms with Gasteiger partial charge in [0.05, 0.1) is 17.4 Å². The van der Waals surface area contributed by atoms with Gasteiger partial charge in [-0.1, -0.05) is 0 Å². The van der Waals surface area contributed by atoms with Crippen molar-refractivity contribution in [2.75, 3.05) is 11.8 Å². The standard InChI is InChI=1S/C9H11Cl2NO2/c1-9(5-10,6-11)12-8(13)7-2-3-14-4-7/h2-4H,5-6H2,1H3,(H,12,13). The lowest BCUT2D eigenvalue weighted by molar-refractivity contribution is 0.0921. The molecule has 1 N–H and O–H groups in total. The zero-order valence-corrected chi connectivity index (χ0v) is 9.23. The maximum Gasteiger partial charge on any atom is 0.255 e. The zero-order valence-electron chi connectivity index (χ0n) is 7.72. The predicted molar refractivity (Wildman–Crippen MR) is 56.0 cm³/mol. The Hall–Kier alpha value is -0.670. The molecule has 0 unspecified atom stereocenters. The molecule has 0 saturated heterocycles. The van der Waals surface area contributed by atoms with Crippen LogP contribution in [0.1, 0.15) is 17.3 Å². The van der Waals surface area contributed by atoms with E-state index >= 15 is 0 Å². The molecule has 0 aliphatic carbocycles. The molecule has 0 atom stereocenters. The lowest BCUT2D eigenvalue weighted by Crippen LogP contribution is -2.49. The van der Waals surface area contributed by atoms with Crippen LogP contribution in [0.4, 0.5) is 0 Å². The second-order valence-electron chi connectivity index (χ2n) is 3.29. The third-order valence-corrected chi connectivity index (χ3v) is 2.97. The van der Waals surface area contributed by atoms with E-state index in [-0.39, 0.29) is 17.7 Å². The van der Waals surface area contributed by atoms with Gasteiger partial charge in [0, 0.05) is 11.8 Å². The van der Waals surface area contributed by atoms with E-state index in [0.29, 0.717) is 5.56 Å². The van der Waals surface area contributed by atoms with Gasteiger partial charge in [-0.15, -0.1) is 23.2 Å². The topological polar surface area (TPSA) is 42.2 Å². The van der Waals surface area contributed by atoms with E-state index in [4.69, 9.17) is 27.6 Å². The van der Waals surface area contributed by atoms with E-state index < -0.39 is 5.54 Å². The molecule has 0 bridgehead atoms. The van der Waals surface area contributed by atoms with Crippen LogP contribution in [0, 0.1) is 0 Å². The van der Waals surface area contributed by atoms with Crippen molar-refractivity contribution >= 4 is 29.1 Å². The second kappa shape index (κ2) is 4.71. The molecule has 0 radical (unpaired) electrons. The summed E-state index contributed by atoms with van der Waals surface area (Å²) in [4.78, 5) is 11.6. The van der Waals surface area contributed by atoms with Crippen LogP contribution < -0.4 is 5.32 Å². The molecular formula is C9H11Cl2NO2. The number of hydrogen-bond donors (Lipinski definition) is 1. The van der Waals surface area contributed by atoms with Crippen LogP contribution in [0.5, 0.6) is 0 Å². The Kier molecular flexibility index (Phi) is 3.84. The summed E-state index contributed by atoms with van der Waals surface area (Å²) in [5, 5.41) is 2.73. The van der Waals surface area contributed by atoms with E-state index in [9.17, 15) is 4.79 Å². The van der Waals surface area contributed by atoms with E-state index in [0.717, 1.165) is 0 Å². The van der Waals surface area contributed by atoms with Gasteiger partial charge in [0.2, 0.25) is 0 Å². The molecule has 0 aromatic carbocycles. The smallest absolute Gasteiger partial charge is 0.255 e. The predicted octanol–water partition coefficient (Wildman–Crippen LogP) is 2.25. The Bertz CT molecular complexity index is 294. The van der Waals surface area contributed by atoms with E-state index in [1.54, 1.807) is 13.0 Å². The Morgan fingerprint density at radius 3 is 2.64 bits per heavy atom. The number of nitrogens with one attached hydrogen (secondary N) is 1. The third-order valence-electron chi connectivity index (χ3n) is 1.79. The first kappa shape index (κ1) is 11.4.